The van der Waals surface area contributed by atoms with Crippen LogP contribution in [0.15, 0.2) is 27.3 Å². The molecule has 0 saturated carbocycles. The highest BCUT2D eigenvalue weighted by molar-refractivity contribution is 9.13. The molecule has 0 saturated heterocycles. The van der Waals surface area contributed by atoms with Crippen LogP contribution in [0, 0.1) is 0 Å². The van der Waals surface area contributed by atoms with Crippen LogP contribution < -0.4 is 5.32 Å². The number of aliphatic hydroxyl groups is 1. The number of halogens is 2. The number of hydrogen-bond donors (Lipinski definition) is 3. The van der Waals surface area contributed by atoms with Crippen molar-refractivity contribution in [3.63, 3.8) is 0 Å². The Hall–Kier alpha value is -0.500. The number of aromatic amines is 1. The van der Waals surface area contributed by atoms with E-state index in [1.165, 1.54) is 0 Å². The molecule has 1 amide bonds. The average Bonchev–Trinajstić information content (AvgIpc) is 2.86. The minimum Gasteiger partial charge on any atom is -0.396 e. The molecular weight excluding hydrogens is 420 g/mol. The molecule has 21 heavy (non-hydrogen) atoms. The van der Waals surface area contributed by atoms with Crippen LogP contribution in [0.5, 0.6) is 0 Å². The number of hydrogen-bond acceptors (Lipinski definition) is 3. The van der Waals surface area contributed by atoms with Gasteiger partial charge in [0.2, 0.25) is 0 Å². The Bertz CT molecular complexity index is 631. The van der Waals surface area contributed by atoms with Gasteiger partial charge in [-0.1, -0.05) is 0 Å². The van der Waals surface area contributed by atoms with Crippen molar-refractivity contribution < 1.29 is 9.90 Å². The number of amides is 1. The number of carbonyl (C=O) groups is 1. The number of thioether (sulfide) groups is 1. The maximum atomic E-state index is 12.2. The van der Waals surface area contributed by atoms with E-state index < -0.39 is 0 Å². The summed E-state index contributed by atoms with van der Waals surface area (Å²) in [6, 6.07) is 3.88. The summed E-state index contributed by atoms with van der Waals surface area (Å²) in [7, 11) is 0. The average molecular weight is 436 g/mol. The maximum absolute atomic E-state index is 12.2. The van der Waals surface area contributed by atoms with Crippen molar-refractivity contribution in [1.29, 1.82) is 0 Å². The highest BCUT2D eigenvalue weighted by Gasteiger charge is 2.13. The van der Waals surface area contributed by atoms with Gasteiger partial charge in [-0.05, 0) is 56.2 Å². The van der Waals surface area contributed by atoms with Crippen LogP contribution in [0.1, 0.15) is 16.8 Å². The molecule has 0 aliphatic carbocycles. The summed E-state index contributed by atoms with van der Waals surface area (Å²) < 4.78 is 1.87. The molecule has 7 heteroatoms. The molecule has 1 heterocycles. The SMILES string of the molecule is O=C(NCCSCCCO)c1c[nH]c2cc(Br)c(Br)cc12. The molecule has 0 spiro atoms. The third-order valence-corrected chi connectivity index (χ3v) is 5.86. The second-order valence-electron chi connectivity index (χ2n) is 4.46. The summed E-state index contributed by atoms with van der Waals surface area (Å²) in [6.07, 6.45) is 2.53. The van der Waals surface area contributed by atoms with E-state index in [-0.39, 0.29) is 12.5 Å². The number of H-pyrrole nitrogens is 1. The van der Waals surface area contributed by atoms with E-state index in [2.05, 4.69) is 42.2 Å². The zero-order valence-corrected chi connectivity index (χ0v) is 15.3. The van der Waals surface area contributed by atoms with E-state index in [1.54, 1.807) is 18.0 Å². The Morgan fingerprint density at radius 2 is 2.05 bits per heavy atom. The van der Waals surface area contributed by atoms with Crippen molar-refractivity contribution in [3.05, 3.63) is 32.8 Å². The van der Waals surface area contributed by atoms with Crippen molar-refractivity contribution >= 4 is 60.4 Å². The highest BCUT2D eigenvalue weighted by atomic mass is 79.9. The molecule has 0 atom stereocenters. The quantitative estimate of drug-likeness (QED) is 0.582. The molecule has 4 nitrogen and oxygen atoms in total. The first-order chi connectivity index (χ1) is 10.1. The molecule has 0 aliphatic heterocycles. The van der Waals surface area contributed by atoms with Crippen LogP contribution in [0.3, 0.4) is 0 Å². The summed E-state index contributed by atoms with van der Waals surface area (Å²) in [4.78, 5) is 15.3. The minimum absolute atomic E-state index is 0.0711. The highest BCUT2D eigenvalue weighted by Crippen LogP contribution is 2.29. The Morgan fingerprint density at radius 3 is 2.81 bits per heavy atom. The van der Waals surface area contributed by atoms with Gasteiger partial charge in [-0.25, -0.2) is 0 Å². The van der Waals surface area contributed by atoms with Crippen LogP contribution in [0.4, 0.5) is 0 Å². The first-order valence-electron chi connectivity index (χ1n) is 6.56. The number of nitrogens with one attached hydrogen (secondary N) is 2. The van der Waals surface area contributed by atoms with E-state index in [9.17, 15) is 4.79 Å². The molecule has 0 radical (unpaired) electrons. The predicted molar refractivity (Wildman–Crippen MR) is 95.1 cm³/mol. The van der Waals surface area contributed by atoms with Gasteiger partial charge in [-0.2, -0.15) is 11.8 Å². The normalized spacial score (nSPS) is 11.0. The largest absolute Gasteiger partial charge is 0.396 e. The molecule has 2 aromatic rings. The lowest BCUT2D eigenvalue weighted by Gasteiger charge is -2.04. The van der Waals surface area contributed by atoms with Crippen molar-refractivity contribution in [2.45, 2.75) is 6.42 Å². The van der Waals surface area contributed by atoms with Gasteiger partial charge in [0.05, 0.1) is 5.56 Å². The molecule has 2 rings (SSSR count). The van der Waals surface area contributed by atoms with Gasteiger partial charge >= 0.3 is 0 Å². The second kappa shape index (κ2) is 8.22. The van der Waals surface area contributed by atoms with Gasteiger partial charge in [-0.15, -0.1) is 0 Å². The summed E-state index contributed by atoms with van der Waals surface area (Å²) in [5, 5.41) is 12.5. The molecule has 114 valence electrons. The molecule has 0 fully saturated rings. The van der Waals surface area contributed by atoms with Crippen LogP contribution in [-0.4, -0.2) is 40.7 Å². The van der Waals surface area contributed by atoms with Gasteiger partial charge in [0.25, 0.3) is 5.91 Å². The van der Waals surface area contributed by atoms with E-state index in [1.807, 2.05) is 12.1 Å². The topological polar surface area (TPSA) is 65.1 Å². The fraction of sp³-hybridized carbons (Fsp3) is 0.357. The van der Waals surface area contributed by atoms with Crippen molar-refractivity contribution in [2.75, 3.05) is 24.7 Å². The number of benzene rings is 1. The third-order valence-electron chi connectivity index (χ3n) is 2.95. The molecule has 0 bridgehead atoms. The summed E-state index contributed by atoms with van der Waals surface area (Å²) in [5.41, 5.74) is 1.58. The van der Waals surface area contributed by atoms with Crippen molar-refractivity contribution in [3.8, 4) is 0 Å². The van der Waals surface area contributed by atoms with Crippen LogP contribution in [0.2, 0.25) is 0 Å². The molecule has 0 unspecified atom stereocenters. The fourth-order valence-electron chi connectivity index (χ4n) is 1.91. The first-order valence-corrected chi connectivity index (χ1v) is 9.30. The van der Waals surface area contributed by atoms with Gasteiger partial charge in [0, 0.05) is 44.9 Å². The number of aliphatic hydroxyl groups excluding tert-OH is 1. The van der Waals surface area contributed by atoms with Gasteiger partial charge in [0.15, 0.2) is 0 Å². The predicted octanol–water partition coefficient (Wildman–Crippen LogP) is 3.54. The Balaban J connectivity index is 1.95. The van der Waals surface area contributed by atoms with E-state index in [0.717, 1.165) is 37.8 Å². The van der Waals surface area contributed by atoms with Gasteiger partial charge < -0.3 is 15.4 Å². The van der Waals surface area contributed by atoms with E-state index in [4.69, 9.17) is 5.11 Å². The van der Waals surface area contributed by atoms with E-state index in [0.29, 0.717) is 12.1 Å². The van der Waals surface area contributed by atoms with Crippen LogP contribution >= 0.6 is 43.6 Å². The summed E-state index contributed by atoms with van der Waals surface area (Å²) >= 11 is 8.63. The monoisotopic (exact) mass is 434 g/mol. The molecule has 0 aliphatic rings. The maximum Gasteiger partial charge on any atom is 0.253 e. The Morgan fingerprint density at radius 1 is 1.29 bits per heavy atom. The molecule has 1 aromatic carbocycles. The number of fused-ring (bicyclic) bond motifs is 1. The minimum atomic E-state index is -0.0711. The Kier molecular flexibility index (Phi) is 6.60. The van der Waals surface area contributed by atoms with Gasteiger partial charge in [-0.3, -0.25) is 4.79 Å². The van der Waals surface area contributed by atoms with Crippen molar-refractivity contribution in [1.82, 2.24) is 10.3 Å². The standard InChI is InChI=1S/C14H16Br2N2O2S/c15-11-6-9-10(8-18-13(9)7-12(11)16)14(20)17-2-5-21-4-1-3-19/h6-8,18-19H,1-5H2,(H,17,20). The molecule has 3 N–H and O–H groups in total. The fourth-order valence-corrected chi connectivity index (χ4v) is 3.38. The number of rotatable bonds is 7. The zero-order chi connectivity index (χ0) is 15.2. The lowest BCUT2D eigenvalue weighted by atomic mass is 10.1. The number of carbonyl (C=O) groups excluding carboxylic acids is 1. The summed E-state index contributed by atoms with van der Waals surface area (Å²) in [5.74, 6) is 1.70. The lowest BCUT2D eigenvalue weighted by Crippen LogP contribution is -2.25. The zero-order valence-electron chi connectivity index (χ0n) is 11.3. The number of aromatic nitrogens is 1. The third kappa shape index (κ3) is 4.48. The lowest BCUT2D eigenvalue weighted by molar-refractivity contribution is 0.0958. The van der Waals surface area contributed by atoms with Crippen LogP contribution in [0.25, 0.3) is 10.9 Å². The summed E-state index contributed by atoms with van der Waals surface area (Å²) in [6.45, 7) is 0.846. The second-order valence-corrected chi connectivity index (χ2v) is 7.39. The van der Waals surface area contributed by atoms with E-state index >= 15 is 0 Å². The molecule has 1 aromatic heterocycles. The smallest absolute Gasteiger partial charge is 0.253 e. The van der Waals surface area contributed by atoms with Crippen LogP contribution in [-0.2, 0) is 0 Å². The van der Waals surface area contributed by atoms with Crippen molar-refractivity contribution in [2.24, 2.45) is 0 Å². The first kappa shape index (κ1) is 16.9. The molecular formula is C14H16Br2N2O2S. The van der Waals surface area contributed by atoms with Gasteiger partial charge in [0.1, 0.15) is 0 Å². The Labute approximate surface area is 144 Å².